The molecule has 6 nitrogen and oxygen atoms in total. The summed E-state index contributed by atoms with van der Waals surface area (Å²) in [6.45, 7) is 3.62. The van der Waals surface area contributed by atoms with Gasteiger partial charge in [-0.15, -0.1) is 0 Å². The molecule has 1 aliphatic rings. The van der Waals surface area contributed by atoms with E-state index in [1.807, 2.05) is 49.1 Å². The van der Waals surface area contributed by atoms with Crippen molar-refractivity contribution in [1.29, 1.82) is 0 Å². The molecule has 2 aromatic carbocycles. The molecule has 0 aliphatic carbocycles. The monoisotopic (exact) mass is 612 g/mol. The van der Waals surface area contributed by atoms with E-state index in [9.17, 15) is 9.18 Å². The lowest BCUT2D eigenvalue weighted by atomic mass is 10.0. The van der Waals surface area contributed by atoms with Crippen LogP contribution in [0.2, 0.25) is 5.02 Å². The number of rotatable bonds is 6. The number of thiocarbonyl (C=S) groups is 1. The van der Waals surface area contributed by atoms with Gasteiger partial charge in [-0.25, -0.2) is 4.39 Å². The van der Waals surface area contributed by atoms with Gasteiger partial charge in [-0.1, -0.05) is 47.4 Å². The Hall–Kier alpha value is -3.27. The third kappa shape index (κ3) is 5.18. The summed E-state index contributed by atoms with van der Waals surface area (Å²) < 4.78 is 21.6. The van der Waals surface area contributed by atoms with Gasteiger partial charge in [-0.3, -0.25) is 9.78 Å². The van der Waals surface area contributed by atoms with Gasteiger partial charge in [0.1, 0.15) is 23.4 Å². The molecule has 0 radical (unpaired) electrons. The largest absolute Gasteiger partial charge is 0.459 e. The first-order valence-electron chi connectivity index (χ1n) is 11.9. The fourth-order valence-corrected chi connectivity index (χ4v) is 5.20. The van der Waals surface area contributed by atoms with Crippen LogP contribution in [0.15, 0.2) is 81.8 Å². The van der Waals surface area contributed by atoms with Crippen LogP contribution in [0.3, 0.4) is 0 Å². The number of carbonyl (C=O) groups excluding carboxylic acids is 1. The molecule has 0 spiro atoms. The Morgan fingerprint density at radius 3 is 2.68 bits per heavy atom. The number of pyridine rings is 1. The van der Waals surface area contributed by atoms with Gasteiger partial charge in [0.2, 0.25) is 5.91 Å². The van der Waals surface area contributed by atoms with Crippen molar-refractivity contribution in [1.82, 2.24) is 10.3 Å². The van der Waals surface area contributed by atoms with Gasteiger partial charge in [0.05, 0.1) is 28.0 Å². The standard InChI is InChI=1S/C28H23BrClFN4O2S/c1-15(2)27(36)33-21-9-7-17(14-19(21)30)35-26(25(34-28(35)38)22-5-3-4-12-32-22)24-11-10-23(37-24)18-8-6-16(29)13-20(18)31/h3-15,25-26H,1-2H3,(H,33,36)(H,34,38)/t25-,26-/m1/s1. The SMILES string of the molecule is CC(C)C(=O)Nc1ccc(N2C(=S)N[C@H](c3ccccn3)[C@H]2c2ccc(-c3ccc(Br)cc3F)o2)cc1Cl. The number of halogens is 3. The number of anilines is 2. The Morgan fingerprint density at radius 1 is 1.18 bits per heavy atom. The lowest BCUT2D eigenvalue weighted by Gasteiger charge is -2.26. The Labute approximate surface area is 238 Å². The molecule has 3 heterocycles. The smallest absolute Gasteiger partial charge is 0.226 e. The Bertz CT molecular complexity index is 1510. The van der Waals surface area contributed by atoms with Crippen LogP contribution >= 0.6 is 39.7 Å². The van der Waals surface area contributed by atoms with E-state index in [1.54, 1.807) is 36.5 Å². The first kappa shape index (κ1) is 26.3. The van der Waals surface area contributed by atoms with Gasteiger partial charge >= 0.3 is 0 Å². The van der Waals surface area contributed by atoms with Crippen molar-refractivity contribution < 1.29 is 13.6 Å². The number of nitrogens with one attached hydrogen (secondary N) is 2. The first-order chi connectivity index (χ1) is 18.2. The fourth-order valence-electron chi connectivity index (χ4n) is 4.30. The summed E-state index contributed by atoms with van der Waals surface area (Å²) >= 11 is 15.6. The Morgan fingerprint density at radius 2 is 2.00 bits per heavy atom. The highest BCUT2D eigenvalue weighted by Gasteiger charge is 2.42. The van der Waals surface area contributed by atoms with Gasteiger partial charge < -0.3 is 20.0 Å². The number of aromatic nitrogens is 1. The van der Waals surface area contributed by atoms with Crippen molar-refractivity contribution >= 4 is 62.1 Å². The lowest BCUT2D eigenvalue weighted by molar-refractivity contribution is -0.118. The van der Waals surface area contributed by atoms with Crippen LogP contribution in [0.1, 0.15) is 37.4 Å². The summed E-state index contributed by atoms with van der Waals surface area (Å²) in [6.07, 6.45) is 1.72. The highest BCUT2D eigenvalue weighted by molar-refractivity contribution is 9.10. The van der Waals surface area contributed by atoms with Crippen LogP contribution in [-0.4, -0.2) is 16.0 Å². The van der Waals surface area contributed by atoms with Gasteiger partial charge in [-0.2, -0.15) is 0 Å². The number of benzene rings is 2. The molecular formula is C28H23BrClFN4O2S. The molecule has 2 aromatic heterocycles. The van der Waals surface area contributed by atoms with Crippen molar-refractivity contribution in [2.24, 2.45) is 5.92 Å². The van der Waals surface area contributed by atoms with Crippen LogP contribution in [0.5, 0.6) is 0 Å². The number of hydrogen-bond donors (Lipinski definition) is 2. The van der Waals surface area contributed by atoms with Crippen LogP contribution in [0.25, 0.3) is 11.3 Å². The zero-order valence-corrected chi connectivity index (χ0v) is 23.6. The zero-order chi connectivity index (χ0) is 27.0. The minimum absolute atomic E-state index is 0.130. The molecule has 0 unspecified atom stereocenters. The second-order valence-electron chi connectivity index (χ2n) is 9.13. The third-order valence-corrected chi connectivity index (χ3v) is 7.35. The first-order valence-corrected chi connectivity index (χ1v) is 13.5. The number of carbonyl (C=O) groups is 1. The number of amides is 1. The molecule has 1 fully saturated rings. The Kier molecular flexibility index (Phi) is 7.52. The van der Waals surface area contributed by atoms with Crippen molar-refractivity contribution in [2.45, 2.75) is 25.9 Å². The molecule has 0 saturated carbocycles. The molecule has 194 valence electrons. The summed E-state index contributed by atoms with van der Waals surface area (Å²) in [5, 5.41) is 7.02. The maximum Gasteiger partial charge on any atom is 0.226 e. The molecule has 1 amide bonds. The molecule has 5 rings (SSSR count). The zero-order valence-electron chi connectivity index (χ0n) is 20.4. The number of hydrogen-bond acceptors (Lipinski definition) is 4. The summed E-state index contributed by atoms with van der Waals surface area (Å²) in [6, 6.07) is 18.6. The average Bonchev–Trinajstić information content (AvgIpc) is 3.50. The molecule has 1 aliphatic heterocycles. The van der Waals surface area contributed by atoms with Gasteiger partial charge in [-0.05, 0) is 72.9 Å². The van der Waals surface area contributed by atoms with Crippen molar-refractivity contribution in [2.75, 3.05) is 10.2 Å². The maximum atomic E-state index is 14.7. The highest BCUT2D eigenvalue weighted by Crippen LogP contribution is 2.44. The van der Waals surface area contributed by atoms with Crippen LogP contribution in [-0.2, 0) is 4.79 Å². The second kappa shape index (κ2) is 10.8. The summed E-state index contributed by atoms with van der Waals surface area (Å²) in [4.78, 5) is 18.6. The summed E-state index contributed by atoms with van der Waals surface area (Å²) in [7, 11) is 0. The number of furan rings is 1. The minimum atomic E-state index is -0.447. The third-order valence-electron chi connectivity index (χ3n) is 6.23. The summed E-state index contributed by atoms with van der Waals surface area (Å²) in [5.74, 6) is 0.248. The molecule has 2 atom stereocenters. The maximum absolute atomic E-state index is 14.7. The normalized spacial score (nSPS) is 17.1. The summed E-state index contributed by atoms with van der Waals surface area (Å²) in [5.41, 5.74) is 2.33. The van der Waals surface area contributed by atoms with Gasteiger partial charge in [0, 0.05) is 22.3 Å². The molecule has 4 aromatic rings. The molecule has 38 heavy (non-hydrogen) atoms. The van der Waals surface area contributed by atoms with E-state index in [4.69, 9.17) is 28.2 Å². The van der Waals surface area contributed by atoms with Crippen molar-refractivity contribution in [3.63, 3.8) is 0 Å². The van der Waals surface area contributed by atoms with Crippen LogP contribution in [0.4, 0.5) is 15.8 Å². The molecule has 10 heteroatoms. The quantitative estimate of drug-likeness (QED) is 0.218. The average molecular weight is 614 g/mol. The van der Waals surface area contributed by atoms with E-state index in [-0.39, 0.29) is 17.9 Å². The Balaban J connectivity index is 1.56. The topological polar surface area (TPSA) is 70.4 Å². The lowest BCUT2D eigenvalue weighted by Crippen LogP contribution is -2.29. The van der Waals surface area contributed by atoms with Crippen molar-refractivity contribution in [3.8, 4) is 11.3 Å². The minimum Gasteiger partial charge on any atom is -0.459 e. The van der Waals surface area contributed by atoms with Crippen LogP contribution < -0.4 is 15.5 Å². The van der Waals surface area contributed by atoms with Gasteiger partial charge in [0.25, 0.3) is 0 Å². The number of nitrogens with zero attached hydrogens (tertiary/aromatic N) is 2. The predicted molar refractivity (Wildman–Crippen MR) is 155 cm³/mol. The molecular weight excluding hydrogens is 591 g/mol. The molecule has 1 saturated heterocycles. The van der Waals surface area contributed by atoms with Crippen LogP contribution in [0, 0.1) is 11.7 Å². The van der Waals surface area contributed by atoms with Gasteiger partial charge in [0.15, 0.2) is 5.11 Å². The van der Waals surface area contributed by atoms with E-state index in [0.29, 0.717) is 43.1 Å². The molecule has 0 bridgehead atoms. The second-order valence-corrected chi connectivity index (χ2v) is 10.8. The van der Waals surface area contributed by atoms with E-state index in [1.165, 1.54) is 6.07 Å². The van der Waals surface area contributed by atoms with E-state index >= 15 is 0 Å². The fraction of sp³-hybridized carbons (Fsp3) is 0.179. The van der Waals surface area contributed by atoms with E-state index < -0.39 is 11.9 Å². The highest BCUT2D eigenvalue weighted by atomic mass is 79.9. The molecule has 2 N–H and O–H groups in total. The van der Waals surface area contributed by atoms with E-state index in [2.05, 4.69) is 31.5 Å². The van der Waals surface area contributed by atoms with Crippen molar-refractivity contribution in [3.05, 3.63) is 99.7 Å². The predicted octanol–water partition coefficient (Wildman–Crippen LogP) is 7.67. The van der Waals surface area contributed by atoms with E-state index in [0.717, 1.165) is 5.69 Å².